The van der Waals surface area contributed by atoms with E-state index in [1.807, 2.05) is 0 Å². The minimum atomic E-state index is -0.903. The molecule has 1 rings (SSSR count). The molecule has 3 nitrogen and oxygen atoms in total. The standard InChI is InChI=1S/C4H7O3/c5-3-1-7-2-4(3)6/h3-5H,1-2H2. The summed E-state index contributed by atoms with van der Waals surface area (Å²) in [6.45, 7) is 0.384. The maximum Gasteiger partial charge on any atom is 0.144 e. The van der Waals surface area contributed by atoms with E-state index in [4.69, 9.17) is 5.11 Å². The molecule has 1 radical (unpaired) electrons. The van der Waals surface area contributed by atoms with Crippen molar-refractivity contribution in [3.05, 3.63) is 0 Å². The van der Waals surface area contributed by atoms with E-state index in [2.05, 4.69) is 4.74 Å². The number of hydrogen-bond acceptors (Lipinski definition) is 2. The van der Waals surface area contributed by atoms with Gasteiger partial charge in [0.1, 0.15) is 12.2 Å². The lowest BCUT2D eigenvalue weighted by Crippen LogP contribution is -2.20. The van der Waals surface area contributed by atoms with E-state index in [9.17, 15) is 5.11 Å². The molecule has 1 saturated heterocycles. The van der Waals surface area contributed by atoms with Gasteiger partial charge in [0.15, 0.2) is 0 Å². The summed E-state index contributed by atoms with van der Waals surface area (Å²) in [6, 6.07) is 0. The monoisotopic (exact) mass is 103 g/mol. The second kappa shape index (κ2) is 1.78. The van der Waals surface area contributed by atoms with Crippen molar-refractivity contribution in [1.82, 2.24) is 0 Å². The van der Waals surface area contributed by atoms with Gasteiger partial charge >= 0.3 is 0 Å². The zero-order valence-electron chi connectivity index (χ0n) is 3.83. The van der Waals surface area contributed by atoms with Gasteiger partial charge in [-0.05, 0) is 0 Å². The molecule has 1 aliphatic rings. The van der Waals surface area contributed by atoms with Gasteiger partial charge in [0, 0.05) is 0 Å². The lowest BCUT2D eigenvalue weighted by Gasteiger charge is -1.97. The van der Waals surface area contributed by atoms with Crippen molar-refractivity contribution >= 4 is 0 Å². The van der Waals surface area contributed by atoms with Gasteiger partial charge in [0.25, 0.3) is 0 Å². The van der Waals surface area contributed by atoms with Gasteiger partial charge in [0.2, 0.25) is 0 Å². The quantitative estimate of drug-likeness (QED) is 0.435. The molecule has 0 aromatic rings. The minimum Gasteiger partial charge on any atom is -0.388 e. The van der Waals surface area contributed by atoms with E-state index in [0.717, 1.165) is 0 Å². The smallest absolute Gasteiger partial charge is 0.144 e. The van der Waals surface area contributed by atoms with Crippen molar-refractivity contribution in [2.24, 2.45) is 0 Å². The predicted molar refractivity (Wildman–Crippen MR) is 21.3 cm³/mol. The summed E-state index contributed by atoms with van der Waals surface area (Å²) in [5, 5.41) is 18.8. The maximum absolute atomic E-state index is 10.3. The SMILES string of the molecule is [O]C1COCC1O. The number of hydrogen-bond donors (Lipinski definition) is 1. The van der Waals surface area contributed by atoms with Gasteiger partial charge in [-0.3, -0.25) is 0 Å². The fourth-order valence-electron chi connectivity index (χ4n) is 0.523. The Morgan fingerprint density at radius 3 is 2.43 bits per heavy atom. The Hall–Kier alpha value is -0.120. The Balaban J connectivity index is 2.33. The van der Waals surface area contributed by atoms with E-state index in [1.165, 1.54) is 0 Å². The maximum atomic E-state index is 10.3. The van der Waals surface area contributed by atoms with Gasteiger partial charge in [-0.2, -0.15) is 0 Å². The van der Waals surface area contributed by atoms with Gasteiger partial charge in [-0.1, -0.05) is 0 Å². The van der Waals surface area contributed by atoms with Crippen LogP contribution in [-0.4, -0.2) is 30.5 Å². The molecule has 7 heavy (non-hydrogen) atoms. The molecule has 1 N–H and O–H groups in total. The van der Waals surface area contributed by atoms with Crippen molar-refractivity contribution in [1.29, 1.82) is 0 Å². The summed E-state index contributed by atoms with van der Waals surface area (Å²) < 4.78 is 4.61. The summed E-state index contributed by atoms with van der Waals surface area (Å²) in [5.74, 6) is 0. The number of aliphatic hydroxyl groups is 1. The highest BCUT2D eigenvalue weighted by Gasteiger charge is 2.24. The fourth-order valence-corrected chi connectivity index (χ4v) is 0.523. The van der Waals surface area contributed by atoms with Crippen LogP contribution < -0.4 is 0 Å². The van der Waals surface area contributed by atoms with Crippen LogP contribution in [0.15, 0.2) is 0 Å². The first-order chi connectivity index (χ1) is 3.30. The van der Waals surface area contributed by atoms with Crippen molar-refractivity contribution in [2.75, 3.05) is 13.2 Å². The first-order valence-corrected chi connectivity index (χ1v) is 2.22. The molecule has 41 valence electrons. The molecule has 1 fully saturated rings. The topological polar surface area (TPSA) is 49.4 Å². The second-order valence-corrected chi connectivity index (χ2v) is 1.64. The van der Waals surface area contributed by atoms with Crippen LogP contribution in [0.3, 0.4) is 0 Å². The molecule has 2 atom stereocenters. The van der Waals surface area contributed by atoms with E-state index in [1.54, 1.807) is 0 Å². The summed E-state index contributed by atoms with van der Waals surface area (Å²) in [7, 11) is 0. The molecule has 0 aliphatic carbocycles. The van der Waals surface area contributed by atoms with Crippen molar-refractivity contribution in [2.45, 2.75) is 12.2 Å². The molecule has 0 spiro atoms. The molecule has 3 heteroatoms. The highest BCUT2D eigenvalue weighted by Crippen LogP contribution is 2.03. The normalized spacial score (nSPS) is 42.0. The van der Waals surface area contributed by atoms with E-state index < -0.39 is 12.2 Å². The van der Waals surface area contributed by atoms with Crippen LogP contribution in [-0.2, 0) is 9.84 Å². The Kier molecular flexibility index (Phi) is 1.27. The van der Waals surface area contributed by atoms with Crippen LogP contribution in [0.1, 0.15) is 0 Å². The van der Waals surface area contributed by atoms with Crippen molar-refractivity contribution in [3.8, 4) is 0 Å². The Morgan fingerprint density at radius 1 is 1.57 bits per heavy atom. The number of aliphatic hydroxyl groups excluding tert-OH is 1. The summed E-state index contributed by atoms with van der Waals surface area (Å²) >= 11 is 0. The van der Waals surface area contributed by atoms with Crippen LogP contribution in [0.2, 0.25) is 0 Å². The predicted octanol–water partition coefficient (Wildman–Crippen LogP) is -0.823. The van der Waals surface area contributed by atoms with Crippen molar-refractivity contribution < 1.29 is 14.9 Å². The molecule has 0 amide bonds. The molecule has 0 bridgehead atoms. The molecule has 2 unspecified atom stereocenters. The molecule has 0 aromatic heterocycles. The van der Waals surface area contributed by atoms with Crippen LogP contribution in [0.25, 0.3) is 0 Å². The summed E-state index contributed by atoms with van der Waals surface area (Å²) in [4.78, 5) is 0. The van der Waals surface area contributed by atoms with Gasteiger partial charge in [-0.15, -0.1) is 0 Å². The van der Waals surface area contributed by atoms with E-state index >= 15 is 0 Å². The van der Waals surface area contributed by atoms with Crippen molar-refractivity contribution in [3.63, 3.8) is 0 Å². The molecular formula is C4H7O3. The lowest BCUT2D eigenvalue weighted by molar-refractivity contribution is 0.00738. The highest BCUT2D eigenvalue weighted by atomic mass is 16.5. The van der Waals surface area contributed by atoms with Crippen LogP contribution in [0.5, 0.6) is 0 Å². The zero-order valence-corrected chi connectivity index (χ0v) is 3.83. The minimum absolute atomic E-state index is 0.168. The second-order valence-electron chi connectivity index (χ2n) is 1.64. The summed E-state index contributed by atoms with van der Waals surface area (Å²) in [6.07, 6.45) is -1.67. The third-order valence-corrected chi connectivity index (χ3v) is 1.000. The van der Waals surface area contributed by atoms with E-state index in [-0.39, 0.29) is 13.2 Å². The first-order valence-electron chi connectivity index (χ1n) is 2.22. The zero-order chi connectivity index (χ0) is 5.28. The van der Waals surface area contributed by atoms with Crippen LogP contribution >= 0.6 is 0 Å². The Labute approximate surface area is 41.5 Å². The largest absolute Gasteiger partial charge is 0.388 e. The fraction of sp³-hybridized carbons (Fsp3) is 1.00. The summed E-state index contributed by atoms with van der Waals surface area (Å²) in [5.41, 5.74) is 0. The Morgan fingerprint density at radius 2 is 2.29 bits per heavy atom. The highest BCUT2D eigenvalue weighted by molar-refractivity contribution is 4.70. The Bertz CT molecular complexity index is 56.0. The lowest BCUT2D eigenvalue weighted by atomic mass is 10.3. The molecule has 0 saturated carbocycles. The third-order valence-electron chi connectivity index (χ3n) is 1.000. The average molecular weight is 103 g/mol. The first kappa shape index (κ1) is 5.03. The van der Waals surface area contributed by atoms with Gasteiger partial charge in [-0.25, -0.2) is 5.11 Å². The van der Waals surface area contributed by atoms with Crippen LogP contribution in [0, 0.1) is 0 Å². The third kappa shape index (κ3) is 0.907. The van der Waals surface area contributed by atoms with Gasteiger partial charge < -0.3 is 9.84 Å². The average Bonchev–Trinajstić information content (AvgIpc) is 1.91. The van der Waals surface area contributed by atoms with Crippen LogP contribution in [0.4, 0.5) is 0 Å². The molecule has 1 heterocycles. The van der Waals surface area contributed by atoms with E-state index in [0.29, 0.717) is 0 Å². The number of ether oxygens (including phenoxy) is 1. The molecule has 1 aliphatic heterocycles. The van der Waals surface area contributed by atoms with Gasteiger partial charge in [0.05, 0.1) is 13.2 Å². The molecular weight excluding hydrogens is 96.0 g/mol. The molecule has 0 aromatic carbocycles. The number of rotatable bonds is 0.